The van der Waals surface area contributed by atoms with Crippen LogP contribution in [0.25, 0.3) is 0 Å². The van der Waals surface area contributed by atoms with Crippen molar-refractivity contribution >= 4 is 0 Å². The molecule has 0 aromatic rings. The van der Waals surface area contributed by atoms with Gasteiger partial charge in [0, 0.05) is 12.5 Å². The summed E-state index contributed by atoms with van der Waals surface area (Å²) in [7, 11) is 0. The number of nitrogens with zero attached hydrogens (tertiary/aromatic N) is 1. The second kappa shape index (κ2) is 10.1. The summed E-state index contributed by atoms with van der Waals surface area (Å²) in [6.07, 6.45) is 12.7. The lowest BCUT2D eigenvalue weighted by Crippen LogP contribution is -2.42. The van der Waals surface area contributed by atoms with E-state index < -0.39 is 12.3 Å². The molecule has 4 heteroatoms. The molecule has 1 saturated heterocycles. The SMILES string of the molecule is C=C1/C(=C\C=C2/CCCC3(C)C2CCC3C(C)CN2CCC(C(F)F)CC2)CCC[C@@H]1O. The van der Waals surface area contributed by atoms with Crippen LogP contribution in [0.2, 0.25) is 0 Å². The first-order valence-electron chi connectivity index (χ1n) is 13.1. The van der Waals surface area contributed by atoms with Gasteiger partial charge in [0.15, 0.2) is 0 Å². The van der Waals surface area contributed by atoms with Crippen LogP contribution in [0.4, 0.5) is 8.78 Å². The standard InChI is InChI=1S/C28H43F2NO/c1-19(18-31-16-13-23(14-17-31)27(29)30)24-11-12-25-22(7-5-15-28(24,25)3)10-9-21-6-4-8-26(32)20(21)2/h9-10,19,23-27,32H,2,4-8,11-18H2,1,3H3/b21-9-,22-10+/t19?,24?,25?,26-,28?/m0/s1. The molecule has 0 aromatic carbocycles. The first-order chi connectivity index (χ1) is 15.3. The topological polar surface area (TPSA) is 23.5 Å². The van der Waals surface area contributed by atoms with Crippen molar-refractivity contribution in [1.29, 1.82) is 0 Å². The summed E-state index contributed by atoms with van der Waals surface area (Å²) in [6.45, 7) is 11.8. The van der Waals surface area contributed by atoms with Crippen LogP contribution < -0.4 is 0 Å². The monoisotopic (exact) mass is 447 g/mol. The summed E-state index contributed by atoms with van der Waals surface area (Å²) in [4.78, 5) is 2.45. The van der Waals surface area contributed by atoms with E-state index in [4.69, 9.17) is 0 Å². The number of allylic oxidation sites excluding steroid dienone is 3. The van der Waals surface area contributed by atoms with Crippen LogP contribution in [0, 0.1) is 29.1 Å². The van der Waals surface area contributed by atoms with E-state index in [1.54, 1.807) is 5.57 Å². The average Bonchev–Trinajstić information content (AvgIpc) is 3.13. The third kappa shape index (κ3) is 4.92. The van der Waals surface area contributed by atoms with Gasteiger partial charge in [0.1, 0.15) is 0 Å². The summed E-state index contributed by atoms with van der Waals surface area (Å²) in [5.74, 6) is 1.59. The van der Waals surface area contributed by atoms with Crippen molar-refractivity contribution in [3.8, 4) is 0 Å². The number of alkyl halides is 2. The first kappa shape index (κ1) is 24.1. The molecule has 32 heavy (non-hydrogen) atoms. The minimum absolute atomic E-state index is 0.354. The first-order valence-corrected chi connectivity index (χ1v) is 13.1. The fourth-order valence-electron chi connectivity index (χ4n) is 7.57. The summed E-state index contributed by atoms with van der Waals surface area (Å²) < 4.78 is 26.0. The highest BCUT2D eigenvalue weighted by atomic mass is 19.3. The maximum Gasteiger partial charge on any atom is 0.241 e. The largest absolute Gasteiger partial charge is 0.388 e. The van der Waals surface area contributed by atoms with Crippen molar-refractivity contribution in [2.45, 2.75) is 90.6 Å². The lowest BCUT2D eigenvalue weighted by molar-refractivity contribution is 0.0227. The van der Waals surface area contributed by atoms with Gasteiger partial charge in [-0.2, -0.15) is 0 Å². The van der Waals surface area contributed by atoms with Crippen molar-refractivity contribution in [3.05, 3.63) is 35.5 Å². The molecule has 180 valence electrons. The molecule has 4 unspecified atom stereocenters. The number of aliphatic hydroxyl groups is 1. The highest BCUT2D eigenvalue weighted by molar-refractivity contribution is 5.37. The second-order valence-corrected chi connectivity index (χ2v) is 11.4. The molecular formula is C28H43F2NO. The molecule has 3 saturated carbocycles. The number of hydrogen-bond acceptors (Lipinski definition) is 2. The number of likely N-dealkylation sites (tertiary alicyclic amines) is 1. The van der Waals surface area contributed by atoms with E-state index >= 15 is 0 Å². The van der Waals surface area contributed by atoms with Crippen molar-refractivity contribution in [1.82, 2.24) is 4.90 Å². The van der Waals surface area contributed by atoms with Gasteiger partial charge < -0.3 is 10.0 Å². The molecule has 0 radical (unpaired) electrons. The van der Waals surface area contributed by atoms with E-state index in [0.29, 0.717) is 36.0 Å². The number of hydrogen-bond donors (Lipinski definition) is 1. The van der Waals surface area contributed by atoms with E-state index in [1.165, 1.54) is 37.7 Å². The predicted molar refractivity (Wildman–Crippen MR) is 128 cm³/mol. The molecule has 0 amide bonds. The van der Waals surface area contributed by atoms with Gasteiger partial charge in [-0.05, 0) is 112 Å². The molecule has 2 nitrogen and oxygen atoms in total. The zero-order chi connectivity index (χ0) is 22.9. The Morgan fingerprint density at radius 2 is 1.84 bits per heavy atom. The zero-order valence-corrected chi connectivity index (χ0v) is 20.2. The molecule has 1 aliphatic heterocycles. The summed E-state index contributed by atoms with van der Waals surface area (Å²) in [5, 5.41) is 10.1. The van der Waals surface area contributed by atoms with Crippen LogP contribution in [0.3, 0.4) is 0 Å². The highest BCUT2D eigenvalue weighted by Gasteiger charge is 2.50. The van der Waals surface area contributed by atoms with Crippen LogP contribution >= 0.6 is 0 Å². The average molecular weight is 448 g/mol. The molecule has 0 aromatic heterocycles. The van der Waals surface area contributed by atoms with Crippen molar-refractivity contribution in [3.63, 3.8) is 0 Å². The molecular weight excluding hydrogens is 404 g/mol. The van der Waals surface area contributed by atoms with Crippen molar-refractivity contribution in [2.75, 3.05) is 19.6 Å². The quantitative estimate of drug-likeness (QED) is 0.503. The molecule has 1 heterocycles. The van der Waals surface area contributed by atoms with Crippen LogP contribution in [-0.4, -0.2) is 42.2 Å². The smallest absolute Gasteiger partial charge is 0.241 e. The van der Waals surface area contributed by atoms with Gasteiger partial charge in [0.25, 0.3) is 0 Å². The molecule has 0 spiro atoms. The van der Waals surface area contributed by atoms with Crippen molar-refractivity contribution in [2.24, 2.45) is 29.1 Å². The van der Waals surface area contributed by atoms with Crippen LogP contribution in [0.1, 0.15) is 78.1 Å². The maximum absolute atomic E-state index is 13.0. The lowest BCUT2D eigenvalue weighted by atomic mass is 9.61. The zero-order valence-electron chi connectivity index (χ0n) is 20.2. The van der Waals surface area contributed by atoms with E-state index in [9.17, 15) is 13.9 Å². The number of rotatable bonds is 5. The van der Waals surface area contributed by atoms with Crippen LogP contribution in [0.5, 0.6) is 0 Å². The Hall–Kier alpha value is -1.00. The van der Waals surface area contributed by atoms with E-state index in [0.717, 1.165) is 44.5 Å². The highest BCUT2D eigenvalue weighted by Crippen LogP contribution is 2.59. The van der Waals surface area contributed by atoms with Gasteiger partial charge in [-0.25, -0.2) is 8.78 Å². The predicted octanol–water partition coefficient (Wildman–Crippen LogP) is 6.77. The number of fused-ring (bicyclic) bond motifs is 1. The van der Waals surface area contributed by atoms with Gasteiger partial charge in [-0.3, -0.25) is 0 Å². The molecule has 4 aliphatic rings. The number of halogens is 2. The summed E-state index contributed by atoms with van der Waals surface area (Å²) in [6, 6.07) is 0. The van der Waals surface area contributed by atoms with E-state index in [1.807, 2.05) is 0 Å². The number of aliphatic hydroxyl groups excluding tert-OH is 1. The molecule has 4 fully saturated rings. The minimum atomic E-state index is -2.15. The Labute approximate surface area is 193 Å². The third-order valence-electron chi connectivity index (χ3n) is 9.50. The van der Waals surface area contributed by atoms with E-state index in [2.05, 4.69) is 37.5 Å². The Balaban J connectivity index is 1.40. The van der Waals surface area contributed by atoms with Gasteiger partial charge >= 0.3 is 0 Å². The van der Waals surface area contributed by atoms with Crippen LogP contribution in [0.15, 0.2) is 35.5 Å². The Kier molecular flexibility index (Phi) is 7.61. The lowest BCUT2D eigenvalue weighted by Gasteiger charge is -2.45. The van der Waals surface area contributed by atoms with Gasteiger partial charge in [0.05, 0.1) is 6.10 Å². The minimum Gasteiger partial charge on any atom is -0.388 e. The fraction of sp³-hybridized carbons (Fsp3) is 0.786. The fourth-order valence-corrected chi connectivity index (χ4v) is 7.57. The molecule has 3 aliphatic carbocycles. The molecule has 0 bridgehead atoms. The normalized spacial score (nSPS) is 38.6. The Bertz CT molecular complexity index is 736. The van der Waals surface area contributed by atoms with Gasteiger partial charge in [0.2, 0.25) is 6.43 Å². The Morgan fingerprint density at radius 3 is 2.56 bits per heavy atom. The van der Waals surface area contributed by atoms with E-state index in [-0.39, 0.29) is 6.10 Å². The summed E-state index contributed by atoms with van der Waals surface area (Å²) in [5.41, 5.74) is 4.11. The molecule has 4 rings (SSSR count). The van der Waals surface area contributed by atoms with Gasteiger partial charge in [-0.1, -0.05) is 38.2 Å². The van der Waals surface area contributed by atoms with Crippen LogP contribution in [-0.2, 0) is 0 Å². The molecule has 1 N–H and O–H groups in total. The third-order valence-corrected chi connectivity index (χ3v) is 9.50. The Morgan fingerprint density at radius 1 is 1.09 bits per heavy atom. The second-order valence-electron chi connectivity index (χ2n) is 11.4. The van der Waals surface area contributed by atoms with Gasteiger partial charge in [-0.15, -0.1) is 0 Å². The number of piperidine rings is 1. The summed E-state index contributed by atoms with van der Waals surface area (Å²) >= 11 is 0. The maximum atomic E-state index is 13.0. The molecule has 5 atom stereocenters. The van der Waals surface area contributed by atoms with Crippen molar-refractivity contribution < 1.29 is 13.9 Å².